The van der Waals surface area contributed by atoms with Crippen LogP contribution in [-0.4, -0.2) is 79.6 Å². The monoisotopic (exact) mass is 768 g/mol. The van der Waals surface area contributed by atoms with Crippen LogP contribution in [0.25, 0.3) is 22.0 Å². The van der Waals surface area contributed by atoms with E-state index < -0.39 is 48.2 Å². The normalized spacial score (nSPS) is 12.2. The highest BCUT2D eigenvalue weighted by Gasteiger charge is 2.39. The number of aryl methyl sites for hydroxylation is 1. The zero-order chi connectivity index (χ0) is 40.2. The minimum atomic E-state index is -5.08. The molecule has 0 bridgehead atoms. The first-order chi connectivity index (χ1) is 23.6. The van der Waals surface area contributed by atoms with Crippen molar-refractivity contribution in [3.63, 3.8) is 0 Å². The van der Waals surface area contributed by atoms with Gasteiger partial charge in [-0.15, -0.1) is 0 Å². The standard InChI is InChI=1S/C23H21F3N4O.3C2HF3O2/c1-14-21-10-16(4-7-22(21)30-29-14)17-9-20(12-28-11-17)31-13-19(27)8-15-2-5-18(6-3-15)23(24,25)26;3*3-2(4,5)1(6)7/h2-7,9-12,19H,8,13,27H2,1H3,(H,29,30);3*(H,6,7)/t19-;;;/m0.../s1. The summed E-state index contributed by atoms with van der Waals surface area (Å²) in [5.74, 6) is -7.70. The number of hydrogen-bond donors (Lipinski definition) is 5. The van der Waals surface area contributed by atoms with E-state index in [9.17, 15) is 52.7 Å². The maximum Gasteiger partial charge on any atom is 0.490 e. The first-order valence-corrected chi connectivity index (χ1v) is 13.5. The number of fused-ring (bicyclic) bond motifs is 1. The van der Waals surface area contributed by atoms with Crippen molar-refractivity contribution in [2.45, 2.75) is 44.1 Å². The number of rotatable bonds is 6. The van der Waals surface area contributed by atoms with Crippen LogP contribution < -0.4 is 10.5 Å². The van der Waals surface area contributed by atoms with E-state index in [4.69, 9.17) is 40.2 Å². The van der Waals surface area contributed by atoms with Crippen LogP contribution in [0.3, 0.4) is 0 Å². The fourth-order valence-corrected chi connectivity index (χ4v) is 3.37. The van der Waals surface area contributed by atoms with Crippen LogP contribution in [0.15, 0.2) is 60.9 Å². The van der Waals surface area contributed by atoms with E-state index in [0.717, 1.165) is 45.4 Å². The van der Waals surface area contributed by atoms with Gasteiger partial charge in [-0.1, -0.05) is 18.2 Å². The number of aromatic nitrogens is 3. The molecule has 286 valence electrons. The van der Waals surface area contributed by atoms with Crippen molar-refractivity contribution in [3.8, 4) is 16.9 Å². The summed E-state index contributed by atoms with van der Waals surface area (Å²) in [6.45, 7) is 2.18. The van der Waals surface area contributed by atoms with E-state index in [0.29, 0.717) is 12.2 Å². The molecule has 6 N–H and O–H groups in total. The van der Waals surface area contributed by atoms with Crippen LogP contribution >= 0.6 is 0 Å². The summed E-state index contributed by atoms with van der Waals surface area (Å²) < 4.78 is 139. The number of aliphatic carboxylic acids is 3. The van der Waals surface area contributed by atoms with Gasteiger partial charge in [0.1, 0.15) is 12.4 Å². The molecule has 23 heteroatoms. The van der Waals surface area contributed by atoms with Crippen LogP contribution in [0.4, 0.5) is 52.7 Å². The first kappa shape index (κ1) is 44.4. The number of halogens is 12. The van der Waals surface area contributed by atoms with Gasteiger partial charge in [0.05, 0.1) is 17.3 Å². The molecule has 11 nitrogen and oxygen atoms in total. The van der Waals surface area contributed by atoms with Gasteiger partial charge in [0.2, 0.25) is 0 Å². The van der Waals surface area contributed by atoms with Gasteiger partial charge in [-0.2, -0.15) is 57.8 Å². The molecule has 0 unspecified atom stereocenters. The third-order valence-corrected chi connectivity index (χ3v) is 5.76. The van der Waals surface area contributed by atoms with E-state index in [1.165, 1.54) is 12.1 Å². The summed E-state index contributed by atoms with van der Waals surface area (Å²) in [6.07, 6.45) is -15.8. The largest absolute Gasteiger partial charge is 0.490 e. The molecular formula is C29H24F12N4O7. The molecule has 4 rings (SSSR count). The number of alkyl halides is 12. The molecule has 2 aromatic carbocycles. The van der Waals surface area contributed by atoms with Crippen molar-refractivity contribution in [1.29, 1.82) is 0 Å². The van der Waals surface area contributed by atoms with Crippen molar-refractivity contribution < 1.29 is 87.1 Å². The molecule has 2 aromatic heterocycles. The van der Waals surface area contributed by atoms with E-state index in [1.54, 1.807) is 12.4 Å². The maximum absolute atomic E-state index is 12.7. The number of nitrogens with two attached hydrogens (primary N) is 1. The SMILES string of the molecule is Cc1[nH]nc2ccc(-c3cncc(OC[C@@H](N)Cc4ccc(C(F)(F)F)cc4)c3)cc12.O=C(O)C(F)(F)F.O=C(O)C(F)(F)F.O=C(O)C(F)(F)F. The molecule has 0 amide bonds. The first-order valence-electron chi connectivity index (χ1n) is 13.5. The zero-order valence-electron chi connectivity index (χ0n) is 25.7. The average Bonchev–Trinajstić information content (AvgIpc) is 3.39. The Bertz CT molecular complexity index is 1730. The number of carbonyl (C=O) groups is 3. The molecule has 0 radical (unpaired) electrons. The Morgan fingerprint density at radius 1 is 0.750 bits per heavy atom. The van der Waals surface area contributed by atoms with Crippen LogP contribution in [0.5, 0.6) is 5.75 Å². The molecular weight excluding hydrogens is 744 g/mol. The fourth-order valence-electron chi connectivity index (χ4n) is 3.37. The molecule has 1 atom stereocenters. The van der Waals surface area contributed by atoms with Gasteiger partial charge in [0, 0.05) is 28.9 Å². The lowest BCUT2D eigenvalue weighted by atomic mass is 10.0. The van der Waals surface area contributed by atoms with Gasteiger partial charge in [-0.25, -0.2) is 14.4 Å². The number of hydrogen-bond acceptors (Lipinski definition) is 7. The highest BCUT2D eigenvalue weighted by atomic mass is 19.4. The Kier molecular flexibility index (Phi) is 15.4. The summed E-state index contributed by atoms with van der Waals surface area (Å²) in [5.41, 5.74) is 9.94. The lowest BCUT2D eigenvalue weighted by Gasteiger charge is -2.14. The van der Waals surface area contributed by atoms with Crippen molar-refractivity contribution in [2.75, 3.05) is 6.61 Å². The minimum Gasteiger partial charge on any atom is -0.490 e. The molecule has 0 aliphatic carbocycles. The van der Waals surface area contributed by atoms with Crippen molar-refractivity contribution in [1.82, 2.24) is 15.2 Å². The number of ether oxygens (including phenoxy) is 1. The second-order valence-corrected chi connectivity index (χ2v) is 9.87. The Hall–Kier alpha value is -5.61. The van der Waals surface area contributed by atoms with Crippen LogP contribution in [0.1, 0.15) is 16.8 Å². The van der Waals surface area contributed by atoms with Crippen LogP contribution in [0.2, 0.25) is 0 Å². The molecule has 52 heavy (non-hydrogen) atoms. The van der Waals surface area contributed by atoms with Gasteiger partial charge < -0.3 is 25.8 Å². The topological polar surface area (TPSA) is 189 Å². The second kappa shape index (κ2) is 18.1. The lowest BCUT2D eigenvalue weighted by Crippen LogP contribution is -2.30. The third-order valence-electron chi connectivity index (χ3n) is 5.76. The highest BCUT2D eigenvalue weighted by molar-refractivity contribution is 5.86. The number of benzene rings is 2. The predicted octanol–water partition coefficient (Wildman–Crippen LogP) is 6.80. The summed E-state index contributed by atoms with van der Waals surface area (Å²) in [5, 5.41) is 29.6. The van der Waals surface area contributed by atoms with Gasteiger partial charge >= 0.3 is 42.6 Å². The van der Waals surface area contributed by atoms with E-state index in [1.807, 2.05) is 31.2 Å². The number of pyridine rings is 1. The van der Waals surface area contributed by atoms with Crippen molar-refractivity contribution >= 4 is 28.8 Å². The van der Waals surface area contributed by atoms with Crippen LogP contribution in [0, 0.1) is 6.92 Å². The fraction of sp³-hybridized carbons (Fsp3) is 0.276. The summed E-state index contributed by atoms with van der Waals surface area (Å²) in [4.78, 5) is 30.9. The predicted molar refractivity (Wildman–Crippen MR) is 154 cm³/mol. The summed E-state index contributed by atoms with van der Waals surface area (Å²) >= 11 is 0. The number of aromatic amines is 1. The summed E-state index contributed by atoms with van der Waals surface area (Å²) in [7, 11) is 0. The molecule has 0 aliphatic heterocycles. The highest BCUT2D eigenvalue weighted by Crippen LogP contribution is 2.30. The Morgan fingerprint density at radius 2 is 1.23 bits per heavy atom. The second-order valence-electron chi connectivity index (χ2n) is 9.87. The molecule has 2 heterocycles. The van der Waals surface area contributed by atoms with Crippen LogP contribution in [-0.2, 0) is 27.0 Å². The van der Waals surface area contributed by atoms with Crippen molar-refractivity contribution in [3.05, 3.63) is 77.7 Å². The van der Waals surface area contributed by atoms with E-state index in [2.05, 4.69) is 15.2 Å². The Morgan fingerprint density at radius 3 is 1.67 bits per heavy atom. The molecule has 0 saturated heterocycles. The molecule has 0 fully saturated rings. The third kappa shape index (κ3) is 15.5. The number of H-pyrrole nitrogens is 1. The number of carboxylic acid groups (broad SMARTS) is 3. The molecule has 4 aromatic rings. The van der Waals surface area contributed by atoms with Gasteiger partial charge in [0.25, 0.3) is 0 Å². The van der Waals surface area contributed by atoms with E-state index in [-0.39, 0.29) is 12.6 Å². The Balaban J connectivity index is 0.000000525. The molecule has 0 saturated carbocycles. The maximum atomic E-state index is 12.7. The minimum absolute atomic E-state index is 0.214. The lowest BCUT2D eigenvalue weighted by molar-refractivity contribution is -0.193. The summed E-state index contributed by atoms with van der Waals surface area (Å²) in [6, 6.07) is 12.5. The zero-order valence-corrected chi connectivity index (χ0v) is 25.7. The number of carboxylic acids is 3. The van der Waals surface area contributed by atoms with E-state index >= 15 is 0 Å². The van der Waals surface area contributed by atoms with Gasteiger partial charge in [-0.3, -0.25) is 10.1 Å². The Labute approximate surface area is 282 Å². The molecule has 0 spiro atoms. The number of nitrogens with zero attached hydrogens (tertiary/aromatic N) is 2. The van der Waals surface area contributed by atoms with Gasteiger partial charge in [-0.05, 0) is 54.8 Å². The molecule has 0 aliphatic rings. The number of nitrogens with one attached hydrogen (secondary N) is 1. The van der Waals surface area contributed by atoms with Gasteiger partial charge in [0.15, 0.2) is 0 Å². The van der Waals surface area contributed by atoms with Crippen molar-refractivity contribution in [2.24, 2.45) is 5.73 Å². The quantitative estimate of drug-likeness (QED) is 0.131. The average molecular weight is 769 g/mol. The smallest absolute Gasteiger partial charge is 0.490 e.